The first-order valence-electron chi connectivity index (χ1n) is 10.7. The zero-order valence-corrected chi connectivity index (χ0v) is 16.4. The quantitative estimate of drug-likeness (QED) is 0.683. The number of ether oxygens (including phenoxy) is 1. The van der Waals surface area contributed by atoms with Gasteiger partial charge in [-0.15, -0.1) is 0 Å². The van der Waals surface area contributed by atoms with E-state index in [1.807, 2.05) is 0 Å². The van der Waals surface area contributed by atoms with Crippen LogP contribution in [-0.4, -0.2) is 26.2 Å². The molecule has 2 aliphatic rings. The van der Waals surface area contributed by atoms with Gasteiger partial charge in [0, 0.05) is 31.9 Å². The van der Waals surface area contributed by atoms with Crippen molar-refractivity contribution in [1.29, 1.82) is 0 Å². The van der Waals surface area contributed by atoms with Crippen LogP contribution in [0.25, 0.3) is 0 Å². The Morgan fingerprint density at radius 2 is 1.30 bits per heavy atom. The summed E-state index contributed by atoms with van der Waals surface area (Å²) in [6, 6.07) is 17.3. The molecule has 2 fully saturated rings. The molecule has 0 aromatic heterocycles. The van der Waals surface area contributed by atoms with Gasteiger partial charge < -0.3 is 14.5 Å². The summed E-state index contributed by atoms with van der Waals surface area (Å²) in [5, 5.41) is 0. The molecular formula is C24H32N2O. The van der Waals surface area contributed by atoms with Crippen LogP contribution in [0.3, 0.4) is 0 Å². The van der Waals surface area contributed by atoms with E-state index in [2.05, 4.69) is 58.3 Å². The summed E-state index contributed by atoms with van der Waals surface area (Å²) in [5.74, 6) is 1.03. The van der Waals surface area contributed by atoms with Crippen LogP contribution in [0.15, 0.2) is 48.5 Å². The van der Waals surface area contributed by atoms with E-state index in [0.29, 0.717) is 6.61 Å². The fourth-order valence-electron chi connectivity index (χ4n) is 4.27. The molecule has 2 heterocycles. The topological polar surface area (TPSA) is 15.7 Å². The molecule has 3 heteroatoms. The third-order valence-corrected chi connectivity index (χ3v) is 5.85. The number of rotatable bonds is 5. The summed E-state index contributed by atoms with van der Waals surface area (Å²) in [4.78, 5) is 5.10. The number of anilines is 2. The Kier molecular flexibility index (Phi) is 6.18. The molecule has 2 aromatic rings. The van der Waals surface area contributed by atoms with E-state index in [-0.39, 0.29) is 0 Å². The molecule has 0 N–H and O–H groups in total. The van der Waals surface area contributed by atoms with Crippen LogP contribution < -0.4 is 14.5 Å². The molecule has 0 aliphatic carbocycles. The third-order valence-electron chi connectivity index (χ3n) is 5.85. The van der Waals surface area contributed by atoms with Crippen LogP contribution in [0.4, 0.5) is 11.4 Å². The predicted octanol–water partition coefficient (Wildman–Crippen LogP) is 5.64. The van der Waals surface area contributed by atoms with Crippen molar-refractivity contribution in [2.24, 2.45) is 0 Å². The fraction of sp³-hybridized carbons (Fsp3) is 0.500. The van der Waals surface area contributed by atoms with Crippen molar-refractivity contribution in [3.8, 4) is 5.75 Å². The normalized spacial score (nSPS) is 18.2. The second-order valence-electron chi connectivity index (χ2n) is 7.88. The van der Waals surface area contributed by atoms with Gasteiger partial charge in [0.1, 0.15) is 12.4 Å². The minimum absolute atomic E-state index is 0.630. The maximum atomic E-state index is 6.30. The molecule has 4 rings (SSSR count). The molecule has 0 amide bonds. The lowest BCUT2D eigenvalue weighted by molar-refractivity contribution is 0.306. The number of nitrogens with zero attached hydrogens (tertiary/aromatic N) is 2. The SMILES string of the molecule is c1ccc(COc2ccc(N3CCCCC3)cc2N2CCCCCC2)cc1. The van der Waals surface area contributed by atoms with Crippen molar-refractivity contribution in [1.82, 2.24) is 0 Å². The summed E-state index contributed by atoms with van der Waals surface area (Å²) in [6.07, 6.45) is 9.26. The van der Waals surface area contributed by atoms with Gasteiger partial charge in [0.25, 0.3) is 0 Å². The van der Waals surface area contributed by atoms with Gasteiger partial charge in [0.2, 0.25) is 0 Å². The third kappa shape index (κ3) is 4.77. The van der Waals surface area contributed by atoms with Crippen LogP contribution in [0, 0.1) is 0 Å². The van der Waals surface area contributed by atoms with Gasteiger partial charge in [-0.3, -0.25) is 0 Å². The van der Waals surface area contributed by atoms with E-state index in [9.17, 15) is 0 Å². The first-order chi connectivity index (χ1) is 13.4. The summed E-state index contributed by atoms with van der Waals surface area (Å²) in [5.41, 5.74) is 3.87. The van der Waals surface area contributed by atoms with Crippen molar-refractivity contribution >= 4 is 11.4 Å². The average molecular weight is 365 g/mol. The van der Waals surface area contributed by atoms with Crippen LogP contribution in [0.1, 0.15) is 50.5 Å². The lowest BCUT2D eigenvalue weighted by Crippen LogP contribution is -2.30. The van der Waals surface area contributed by atoms with Crippen LogP contribution >= 0.6 is 0 Å². The minimum atomic E-state index is 0.630. The smallest absolute Gasteiger partial charge is 0.143 e. The highest BCUT2D eigenvalue weighted by Crippen LogP contribution is 2.35. The van der Waals surface area contributed by atoms with Crippen LogP contribution in [0.5, 0.6) is 5.75 Å². The molecule has 0 spiro atoms. The highest BCUT2D eigenvalue weighted by Gasteiger charge is 2.18. The molecule has 2 aliphatic heterocycles. The Hall–Kier alpha value is -2.16. The Labute approximate surface area is 163 Å². The van der Waals surface area contributed by atoms with Gasteiger partial charge in [-0.05, 0) is 55.9 Å². The predicted molar refractivity (Wildman–Crippen MR) is 114 cm³/mol. The zero-order chi connectivity index (χ0) is 18.3. The zero-order valence-electron chi connectivity index (χ0n) is 16.4. The van der Waals surface area contributed by atoms with Crippen molar-refractivity contribution in [3.05, 3.63) is 54.1 Å². The molecule has 0 atom stereocenters. The molecule has 3 nitrogen and oxygen atoms in total. The van der Waals surface area contributed by atoms with Crippen molar-refractivity contribution < 1.29 is 4.74 Å². The molecule has 0 radical (unpaired) electrons. The number of hydrogen-bond donors (Lipinski definition) is 0. The van der Waals surface area contributed by atoms with Gasteiger partial charge in [-0.2, -0.15) is 0 Å². The second-order valence-corrected chi connectivity index (χ2v) is 7.88. The lowest BCUT2D eigenvalue weighted by atomic mass is 10.1. The summed E-state index contributed by atoms with van der Waals surface area (Å²) in [6.45, 7) is 5.29. The summed E-state index contributed by atoms with van der Waals surface area (Å²) in [7, 11) is 0. The fourth-order valence-corrected chi connectivity index (χ4v) is 4.27. The maximum absolute atomic E-state index is 6.30. The Morgan fingerprint density at radius 1 is 0.667 bits per heavy atom. The van der Waals surface area contributed by atoms with Gasteiger partial charge in [0.05, 0.1) is 5.69 Å². The standard InChI is InChI=1S/C24H32N2O/c1-2-8-18-26(17-7-1)23-19-22(25-15-9-4-10-16-25)13-14-24(23)27-20-21-11-5-3-6-12-21/h3,5-6,11-14,19H,1-2,4,7-10,15-18,20H2. The minimum Gasteiger partial charge on any atom is -0.487 e. The van der Waals surface area contributed by atoms with E-state index < -0.39 is 0 Å². The molecule has 2 aromatic carbocycles. The van der Waals surface area contributed by atoms with Crippen LogP contribution in [-0.2, 0) is 6.61 Å². The van der Waals surface area contributed by atoms with Gasteiger partial charge in [0.15, 0.2) is 0 Å². The molecular weight excluding hydrogens is 332 g/mol. The maximum Gasteiger partial charge on any atom is 0.143 e. The molecule has 144 valence electrons. The first kappa shape index (κ1) is 18.2. The lowest BCUT2D eigenvalue weighted by Gasteiger charge is -2.31. The van der Waals surface area contributed by atoms with Crippen molar-refractivity contribution in [2.75, 3.05) is 36.0 Å². The summed E-state index contributed by atoms with van der Waals surface area (Å²) >= 11 is 0. The van der Waals surface area contributed by atoms with Crippen molar-refractivity contribution in [3.63, 3.8) is 0 Å². The average Bonchev–Trinajstić information content (AvgIpc) is 3.03. The van der Waals surface area contributed by atoms with E-state index >= 15 is 0 Å². The summed E-state index contributed by atoms with van der Waals surface area (Å²) < 4.78 is 6.30. The van der Waals surface area contributed by atoms with Crippen molar-refractivity contribution in [2.45, 2.75) is 51.6 Å². The Bertz CT molecular complexity index is 702. The number of hydrogen-bond acceptors (Lipinski definition) is 3. The van der Waals surface area contributed by atoms with E-state index in [1.165, 1.54) is 75.0 Å². The Balaban J connectivity index is 1.57. The molecule has 27 heavy (non-hydrogen) atoms. The molecule has 0 bridgehead atoms. The first-order valence-corrected chi connectivity index (χ1v) is 10.7. The van der Waals surface area contributed by atoms with Gasteiger partial charge >= 0.3 is 0 Å². The molecule has 0 saturated carbocycles. The number of piperidine rings is 1. The van der Waals surface area contributed by atoms with E-state index in [4.69, 9.17) is 4.74 Å². The molecule has 0 unspecified atom stereocenters. The highest BCUT2D eigenvalue weighted by atomic mass is 16.5. The van der Waals surface area contributed by atoms with E-state index in [1.54, 1.807) is 0 Å². The monoisotopic (exact) mass is 364 g/mol. The van der Waals surface area contributed by atoms with Gasteiger partial charge in [-0.1, -0.05) is 43.2 Å². The molecule has 2 saturated heterocycles. The second kappa shape index (κ2) is 9.16. The Morgan fingerprint density at radius 3 is 2.00 bits per heavy atom. The highest BCUT2D eigenvalue weighted by molar-refractivity contribution is 5.67. The largest absolute Gasteiger partial charge is 0.487 e. The van der Waals surface area contributed by atoms with Gasteiger partial charge in [-0.25, -0.2) is 0 Å². The number of benzene rings is 2. The van der Waals surface area contributed by atoms with E-state index in [0.717, 1.165) is 18.8 Å². The van der Waals surface area contributed by atoms with Crippen LogP contribution in [0.2, 0.25) is 0 Å².